The van der Waals surface area contributed by atoms with Crippen molar-refractivity contribution in [1.82, 2.24) is 4.90 Å². The van der Waals surface area contributed by atoms with Gasteiger partial charge in [0.05, 0.1) is 0 Å². The van der Waals surface area contributed by atoms with Crippen molar-refractivity contribution in [2.24, 2.45) is 17.1 Å². The third kappa shape index (κ3) is 2.28. The van der Waals surface area contributed by atoms with Crippen LogP contribution in [0.2, 0.25) is 0 Å². The van der Waals surface area contributed by atoms with Gasteiger partial charge in [0.25, 0.3) is 0 Å². The Labute approximate surface area is 101 Å². The van der Waals surface area contributed by atoms with Crippen molar-refractivity contribution in [2.45, 2.75) is 65.0 Å². The summed E-state index contributed by atoms with van der Waals surface area (Å²) in [5.41, 5.74) is 6.72. The first-order valence-electron chi connectivity index (χ1n) is 7.04. The van der Waals surface area contributed by atoms with Gasteiger partial charge in [0.1, 0.15) is 0 Å². The van der Waals surface area contributed by atoms with Gasteiger partial charge in [0.2, 0.25) is 0 Å². The average Bonchev–Trinajstić information content (AvgIpc) is 2.59. The van der Waals surface area contributed by atoms with Crippen LogP contribution in [-0.2, 0) is 0 Å². The van der Waals surface area contributed by atoms with Crippen molar-refractivity contribution in [3.8, 4) is 0 Å². The minimum atomic E-state index is 0.450. The van der Waals surface area contributed by atoms with Crippen LogP contribution in [-0.4, -0.2) is 30.1 Å². The zero-order valence-electron chi connectivity index (χ0n) is 11.2. The second-order valence-corrected chi connectivity index (χ2v) is 6.51. The molecule has 1 saturated heterocycles. The maximum atomic E-state index is 6.19. The van der Waals surface area contributed by atoms with Crippen molar-refractivity contribution < 1.29 is 0 Å². The number of hydrogen-bond acceptors (Lipinski definition) is 2. The quantitative estimate of drug-likeness (QED) is 0.781. The molecule has 0 amide bonds. The van der Waals surface area contributed by atoms with Gasteiger partial charge in [-0.15, -0.1) is 0 Å². The molecule has 2 N–H and O–H groups in total. The first-order chi connectivity index (χ1) is 7.54. The Balaban J connectivity index is 2.00. The number of nitrogens with two attached hydrogens (primary N) is 1. The molecule has 2 nitrogen and oxygen atoms in total. The predicted molar refractivity (Wildman–Crippen MR) is 69.4 cm³/mol. The summed E-state index contributed by atoms with van der Waals surface area (Å²) in [4.78, 5) is 2.74. The number of nitrogens with zero attached hydrogens (tertiary/aromatic N) is 1. The molecule has 2 fully saturated rings. The summed E-state index contributed by atoms with van der Waals surface area (Å²) in [5, 5.41) is 0. The highest BCUT2D eigenvalue weighted by atomic mass is 15.2. The molecular formula is C14H28N2. The lowest BCUT2D eigenvalue weighted by Gasteiger charge is -2.44. The van der Waals surface area contributed by atoms with E-state index in [2.05, 4.69) is 25.7 Å². The Bertz CT molecular complexity index is 237. The molecule has 1 saturated carbocycles. The smallest absolute Gasteiger partial charge is 0.0146 e. The summed E-state index contributed by atoms with van der Waals surface area (Å²) in [5.74, 6) is 0.727. The highest BCUT2D eigenvalue weighted by molar-refractivity contribution is 4.95. The molecule has 94 valence electrons. The average molecular weight is 224 g/mol. The molecule has 1 heterocycles. The van der Waals surface area contributed by atoms with Crippen LogP contribution in [0.4, 0.5) is 0 Å². The zero-order chi connectivity index (χ0) is 11.8. The van der Waals surface area contributed by atoms with E-state index in [0.29, 0.717) is 11.5 Å². The maximum Gasteiger partial charge on any atom is 0.0146 e. The Morgan fingerprint density at radius 2 is 2.06 bits per heavy atom. The van der Waals surface area contributed by atoms with Crippen LogP contribution in [0.1, 0.15) is 52.9 Å². The standard InChI is InChI=1S/C14H28N2/c1-4-11-10-16(9-7-12(11)15)13-6-5-8-14(13,2)3/h11-13H,4-10,15H2,1-3H3. The van der Waals surface area contributed by atoms with Gasteiger partial charge in [-0.1, -0.05) is 33.6 Å². The molecule has 3 unspecified atom stereocenters. The lowest BCUT2D eigenvalue weighted by atomic mass is 9.83. The van der Waals surface area contributed by atoms with Crippen LogP contribution in [0.15, 0.2) is 0 Å². The number of rotatable bonds is 2. The molecule has 0 radical (unpaired) electrons. The fourth-order valence-corrected chi connectivity index (χ4v) is 3.78. The Hall–Kier alpha value is -0.0800. The molecule has 0 spiro atoms. The molecule has 2 rings (SSSR count). The molecule has 0 bridgehead atoms. The Morgan fingerprint density at radius 1 is 1.31 bits per heavy atom. The van der Waals surface area contributed by atoms with Crippen LogP contribution in [0, 0.1) is 11.3 Å². The number of hydrogen-bond donors (Lipinski definition) is 1. The molecule has 3 atom stereocenters. The van der Waals surface area contributed by atoms with Crippen LogP contribution in [0.3, 0.4) is 0 Å². The van der Waals surface area contributed by atoms with E-state index in [-0.39, 0.29) is 0 Å². The normalized spacial score (nSPS) is 40.1. The van der Waals surface area contributed by atoms with E-state index >= 15 is 0 Å². The third-order valence-corrected chi connectivity index (χ3v) is 4.99. The molecule has 2 aliphatic rings. The molecule has 2 heteroatoms. The summed E-state index contributed by atoms with van der Waals surface area (Å²) in [6.45, 7) is 9.64. The van der Waals surface area contributed by atoms with E-state index in [0.717, 1.165) is 12.0 Å². The molecular weight excluding hydrogens is 196 g/mol. The van der Waals surface area contributed by atoms with Gasteiger partial charge in [0.15, 0.2) is 0 Å². The van der Waals surface area contributed by atoms with Gasteiger partial charge in [-0.05, 0) is 37.1 Å². The fraction of sp³-hybridized carbons (Fsp3) is 1.00. The van der Waals surface area contributed by atoms with Crippen LogP contribution < -0.4 is 5.73 Å². The highest BCUT2D eigenvalue weighted by Gasteiger charge is 2.40. The topological polar surface area (TPSA) is 29.3 Å². The molecule has 1 aliphatic heterocycles. The lowest BCUT2D eigenvalue weighted by molar-refractivity contribution is 0.0580. The van der Waals surface area contributed by atoms with E-state index in [4.69, 9.17) is 5.73 Å². The number of likely N-dealkylation sites (tertiary alicyclic amines) is 1. The van der Waals surface area contributed by atoms with Gasteiger partial charge in [-0.3, -0.25) is 4.90 Å². The van der Waals surface area contributed by atoms with E-state index in [1.54, 1.807) is 0 Å². The number of piperidine rings is 1. The molecule has 0 aromatic rings. The van der Waals surface area contributed by atoms with Gasteiger partial charge >= 0.3 is 0 Å². The second kappa shape index (κ2) is 4.66. The van der Waals surface area contributed by atoms with E-state index in [1.807, 2.05) is 0 Å². The minimum Gasteiger partial charge on any atom is -0.327 e. The van der Waals surface area contributed by atoms with Crippen molar-refractivity contribution in [3.63, 3.8) is 0 Å². The molecule has 16 heavy (non-hydrogen) atoms. The minimum absolute atomic E-state index is 0.450. The third-order valence-electron chi connectivity index (χ3n) is 4.99. The van der Waals surface area contributed by atoms with Crippen LogP contribution in [0.5, 0.6) is 0 Å². The highest BCUT2D eigenvalue weighted by Crippen LogP contribution is 2.41. The van der Waals surface area contributed by atoms with Gasteiger partial charge in [-0.25, -0.2) is 0 Å². The summed E-state index contributed by atoms with van der Waals surface area (Å²) in [7, 11) is 0. The van der Waals surface area contributed by atoms with Crippen LogP contribution in [0.25, 0.3) is 0 Å². The zero-order valence-corrected chi connectivity index (χ0v) is 11.2. The lowest BCUT2D eigenvalue weighted by Crippen LogP contribution is -2.52. The van der Waals surface area contributed by atoms with E-state index in [9.17, 15) is 0 Å². The summed E-state index contributed by atoms with van der Waals surface area (Å²) >= 11 is 0. The van der Waals surface area contributed by atoms with Crippen molar-refractivity contribution in [3.05, 3.63) is 0 Å². The first-order valence-corrected chi connectivity index (χ1v) is 7.04. The molecule has 0 aromatic heterocycles. The molecule has 1 aliphatic carbocycles. The fourth-order valence-electron chi connectivity index (χ4n) is 3.78. The Kier molecular flexibility index (Phi) is 3.60. The van der Waals surface area contributed by atoms with Gasteiger partial charge in [0, 0.05) is 18.6 Å². The SMILES string of the molecule is CCC1CN(C2CCCC2(C)C)CCC1N. The first kappa shape index (κ1) is 12.4. The largest absolute Gasteiger partial charge is 0.327 e. The monoisotopic (exact) mass is 224 g/mol. The van der Waals surface area contributed by atoms with Crippen LogP contribution >= 0.6 is 0 Å². The molecule has 0 aromatic carbocycles. The second-order valence-electron chi connectivity index (χ2n) is 6.51. The van der Waals surface area contributed by atoms with Gasteiger partial charge in [-0.2, -0.15) is 0 Å². The summed E-state index contributed by atoms with van der Waals surface area (Å²) in [6, 6.07) is 1.26. The van der Waals surface area contributed by atoms with E-state index in [1.165, 1.54) is 45.2 Å². The van der Waals surface area contributed by atoms with E-state index < -0.39 is 0 Å². The van der Waals surface area contributed by atoms with Gasteiger partial charge < -0.3 is 5.73 Å². The van der Waals surface area contributed by atoms with Crippen molar-refractivity contribution in [1.29, 1.82) is 0 Å². The Morgan fingerprint density at radius 3 is 2.62 bits per heavy atom. The maximum absolute atomic E-state index is 6.19. The van der Waals surface area contributed by atoms with Crippen molar-refractivity contribution in [2.75, 3.05) is 13.1 Å². The summed E-state index contributed by atoms with van der Waals surface area (Å²) in [6.07, 6.45) is 6.66. The van der Waals surface area contributed by atoms with Crippen molar-refractivity contribution >= 4 is 0 Å². The predicted octanol–water partition coefficient (Wildman–Crippen LogP) is 2.62. The summed E-state index contributed by atoms with van der Waals surface area (Å²) < 4.78 is 0.